The maximum absolute atomic E-state index is 12.2. The SMILES string of the molecule is CCC1(CNC(=O)C2(CC)CCNC2)CC1. The van der Waals surface area contributed by atoms with Gasteiger partial charge >= 0.3 is 0 Å². The number of nitrogens with one attached hydrogen (secondary N) is 2. The van der Waals surface area contributed by atoms with Gasteiger partial charge in [-0.2, -0.15) is 0 Å². The Kier molecular flexibility index (Phi) is 3.24. The molecule has 2 aliphatic rings. The molecule has 2 N–H and O–H groups in total. The van der Waals surface area contributed by atoms with Gasteiger partial charge in [-0.05, 0) is 44.1 Å². The first-order valence-electron chi connectivity index (χ1n) is 6.65. The van der Waals surface area contributed by atoms with E-state index in [9.17, 15) is 4.79 Å². The summed E-state index contributed by atoms with van der Waals surface area (Å²) in [5.41, 5.74) is 0.334. The standard InChI is InChI=1S/C13H24N2O/c1-3-12(5-6-12)9-15-11(16)13(4-2)7-8-14-10-13/h14H,3-10H2,1-2H3,(H,15,16). The third-order valence-corrected chi connectivity index (χ3v) is 4.73. The Hall–Kier alpha value is -0.570. The maximum Gasteiger partial charge on any atom is 0.227 e. The molecule has 16 heavy (non-hydrogen) atoms. The molecule has 1 heterocycles. The van der Waals surface area contributed by atoms with Gasteiger partial charge in [0.15, 0.2) is 0 Å². The monoisotopic (exact) mass is 224 g/mol. The zero-order chi connectivity index (χ0) is 11.6. The van der Waals surface area contributed by atoms with Crippen LogP contribution in [0.15, 0.2) is 0 Å². The number of hydrogen-bond donors (Lipinski definition) is 2. The number of carbonyl (C=O) groups is 1. The summed E-state index contributed by atoms with van der Waals surface area (Å²) < 4.78 is 0. The Morgan fingerprint density at radius 3 is 2.44 bits per heavy atom. The van der Waals surface area contributed by atoms with Gasteiger partial charge in [-0.3, -0.25) is 4.79 Å². The summed E-state index contributed by atoms with van der Waals surface area (Å²) in [4.78, 5) is 12.2. The molecule has 92 valence electrons. The van der Waals surface area contributed by atoms with Crippen LogP contribution in [0.3, 0.4) is 0 Å². The van der Waals surface area contributed by atoms with Crippen molar-refractivity contribution in [3.63, 3.8) is 0 Å². The van der Waals surface area contributed by atoms with Crippen molar-refractivity contribution < 1.29 is 4.79 Å². The van der Waals surface area contributed by atoms with Crippen LogP contribution >= 0.6 is 0 Å². The number of rotatable bonds is 5. The normalized spacial score (nSPS) is 31.4. The minimum Gasteiger partial charge on any atom is -0.355 e. The summed E-state index contributed by atoms with van der Waals surface area (Å²) in [6, 6.07) is 0. The topological polar surface area (TPSA) is 41.1 Å². The first-order valence-corrected chi connectivity index (χ1v) is 6.65. The average Bonchev–Trinajstić information content (AvgIpc) is 2.94. The van der Waals surface area contributed by atoms with Gasteiger partial charge in [0, 0.05) is 13.1 Å². The van der Waals surface area contributed by atoms with Gasteiger partial charge in [-0.1, -0.05) is 13.8 Å². The second kappa shape index (κ2) is 4.36. The summed E-state index contributed by atoms with van der Waals surface area (Å²) in [5.74, 6) is 0.278. The van der Waals surface area contributed by atoms with Gasteiger partial charge < -0.3 is 10.6 Å². The highest BCUT2D eigenvalue weighted by atomic mass is 16.2. The molecular formula is C13H24N2O. The Morgan fingerprint density at radius 2 is 2.00 bits per heavy atom. The highest BCUT2D eigenvalue weighted by Gasteiger charge is 2.44. The van der Waals surface area contributed by atoms with Gasteiger partial charge in [-0.25, -0.2) is 0 Å². The highest BCUT2D eigenvalue weighted by molar-refractivity contribution is 5.83. The van der Waals surface area contributed by atoms with Crippen LogP contribution in [0.25, 0.3) is 0 Å². The van der Waals surface area contributed by atoms with Gasteiger partial charge in [0.2, 0.25) is 5.91 Å². The van der Waals surface area contributed by atoms with Crippen molar-refractivity contribution in [1.82, 2.24) is 10.6 Å². The molecular weight excluding hydrogens is 200 g/mol. The molecule has 0 radical (unpaired) electrons. The van der Waals surface area contributed by atoms with Gasteiger partial charge in [0.1, 0.15) is 0 Å². The zero-order valence-corrected chi connectivity index (χ0v) is 10.6. The quantitative estimate of drug-likeness (QED) is 0.746. The predicted molar refractivity (Wildman–Crippen MR) is 65.2 cm³/mol. The van der Waals surface area contributed by atoms with Crippen LogP contribution in [0, 0.1) is 10.8 Å². The lowest BCUT2D eigenvalue weighted by Gasteiger charge is -2.26. The van der Waals surface area contributed by atoms with Crippen LogP contribution in [-0.4, -0.2) is 25.5 Å². The molecule has 0 aromatic carbocycles. The van der Waals surface area contributed by atoms with Crippen LogP contribution in [0.1, 0.15) is 46.0 Å². The lowest BCUT2D eigenvalue weighted by Crippen LogP contribution is -2.44. The molecule has 0 spiro atoms. The van der Waals surface area contributed by atoms with Crippen molar-refractivity contribution in [2.75, 3.05) is 19.6 Å². The fourth-order valence-electron chi connectivity index (χ4n) is 2.69. The van der Waals surface area contributed by atoms with E-state index in [-0.39, 0.29) is 11.3 Å². The van der Waals surface area contributed by atoms with Crippen LogP contribution in [0.4, 0.5) is 0 Å². The fraction of sp³-hybridized carbons (Fsp3) is 0.923. The van der Waals surface area contributed by atoms with Crippen molar-refractivity contribution >= 4 is 5.91 Å². The Labute approximate surface area is 98.4 Å². The smallest absolute Gasteiger partial charge is 0.227 e. The van der Waals surface area contributed by atoms with E-state index in [0.717, 1.165) is 32.5 Å². The summed E-state index contributed by atoms with van der Waals surface area (Å²) in [6.07, 6.45) is 5.73. The molecule has 1 saturated heterocycles. The largest absolute Gasteiger partial charge is 0.355 e. The Balaban J connectivity index is 1.87. The molecule has 1 saturated carbocycles. The van der Waals surface area contributed by atoms with E-state index in [1.807, 2.05) is 0 Å². The predicted octanol–water partition coefficient (Wildman–Crippen LogP) is 1.68. The van der Waals surface area contributed by atoms with E-state index >= 15 is 0 Å². The molecule has 1 aliphatic carbocycles. The molecule has 1 aliphatic heterocycles. The molecule has 1 atom stereocenters. The van der Waals surface area contributed by atoms with E-state index in [1.165, 1.54) is 19.3 Å². The van der Waals surface area contributed by atoms with Crippen molar-refractivity contribution in [2.45, 2.75) is 46.0 Å². The van der Waals surface area contributed by atoms with E-state index in [0.29, 0.717) is 5.41 Å². The molecule has 0 bridgehead atoms. The lowest BCUT2D eigenvalue weighted by molar-refractivity contribution is -0.130. The summed E-state index contributed by atoms with van der Waals surface area (Å²) in [6.45, 7) is 7.09. The number of carbonyl (C=O) groups excluding carboxylic acids is 1. The van der Waals surface area contributed by atoms with Crippen molar-refractivity contribution in [2.24, 2.45) is 10.8 Å². The molecule has 3 heteroatoms. The van der Waals surface area contributed by atoms with E-state index in [1.54, 1.807) is 0 Å². The summed E-state index contributed by atoms with van der Waals surface area (Å²) in [7, 11) is 0. The molecule has 3 nitrogen and oxygen atoms in total. The fourth-order valence-corrected chi connectivity index (χ4v) is 2.69. The molecule has 1 amide bonds. The van der Waals surface area contributed by atoms with Crippen LogP contribution < -0.4 is 10.6 Å². The number of amides is 1. The van der Waals surface area contributed by atoms with Crippen molar-refractivity contribution in [3.05, 3.63) is 0 Å². The van der Waals surface area contributed by atoms with Gasteiger partial charge in [-0.15, -0.1) is 0 Å². The highest BCUT2D eigenvalue weighted by Crippen LogP contribution is 2.48. The Morgan fingerprint density at radius 1 is 1.25 bits per heavy atom. The van der Waals surface area contributed by atoms with Crippen LogP contribution in [0.2, 0.25) is 0 Å². The Bertz CT molecular complexity index is 265. The second-order valence-electron chi connectivity index (χ2n) is 5.60. The summed E-state index contributed by atoms with van der Waals surface area (Å²) in [5, 5.41) is 6.50. The molecule has 0 aromatic rings. The average molecular weight is 224 g/mol. The third-order valence-electron chi connectivity index (χ3n) is 4.73. The molecule has 1 unspecified atom stereocenters. The van der Waals surface area contributed by atoms with Crippen molar-refractivity contribution in [1.29, 1.82) is 0 Å². The van der Waals surface area contributed by atoms with E-state index in [4.69, 9.17) is 0 Å². The first-order chi connectivity index (χ1) is 7.66. The van der Waals surface area contributed by atoms with Crippen LogP contribution in [-0.2, 0) is 4.79 Å². The van der Waals surface area contributed by atoms with Crippen molar-refractivity contribution in [3.8, 4) is 0 Å². The molecule has 0 aromatic heterocycles. The number of hydrogen-bond acceptors (Lipinski definition) is 2. The summed E-state index contributed by atoms with van der Waals surface area (Å²) >= 11 is 0. The third kappa shape index (κ3) is 2.10. The first kappa shape index (κ1) is 11.9. The minimum atomic E-state index is -0.121. The zero-order valence-electron chi connectivity index (χ0n) is 10.6. The van der Waals surface area contributed by atoms with Gasteiger partial charge in [0.05, 0.1) is 5.41 Å². The maximum atomic E-state index is 12.2. The minimum absolute atomic E-state index is 0.121. The molecule has 2 rings (SSSR count). The van der Waals surface area contributed by atoms with E-state index < -0.39 is 0 Å². The van der Waals surface area contributed by atoms with Crippen LogP contribution in [0.5, 0.6) is 0 Å². The lowest BCUT2D eigenvalue weighted by atomic mass is 9.83. The van der Waals surface area contributed by atoms with Gasteiger partial charge in [0.25, 0.3) is 0 Å². The second-order valence-corrected chi connectivity index (χ2v) is 5.60. The molecule has 2 fully saturated rings. The van der Waals surface area contributed by atoms with E-state index in [2.05, 4.69) is 24.5 Å².